The highest BCUT2D eigenvalue weighted by atomic mass is 16.2. The largest absolute Gasteiger partial charge is 0.355 e. The van der Waals surface area contributed by atoms with Gasteiger partial charge >= 0.3 is 0 Å². The van der Waals surface area contributed by atoms with Crippen molar-refractivity contribution >= 4 is 11.7 Å². The number of anilines is 1. The molecule has 0 atom stereocenters. The average molecular weight is 328 g/mol. The van der Waals surface area contributed by atoms with Crippen molar-refractivity contribution < 1.29 is 4.79 Å². The molecule has 128 valence electrons. The van der Waals surface area contributed by atoms with Crippen LogP contribution in [0.25, 0.3) is 0 Å². The maximum absolute atomic E-state index is 11.6. The number of nitrogens with one attached hydrogen (secondary N) is 1. The normalized spacial score (nSPS) is 15.5. The van der Waals surface area contributed by atoms with Gasteiger partial charge in [-0.1, -0.05) is 6.07 Å². The lowest BCUT2D eigenvalue weighted by molar-refractivity contribution is -0.122. The number of hydrogen-bond acceptors (Lipinski definition) is 5. The van der Waals surface area contributed by atoms with E-state index in [1.54, 1.807) is 6.20 Å². The summed E-state index contributed by atoms with van der Waals surface area (Å²) in [6.07, 6.45) is 7.46. The Labute approximate surface area is 142 Å². The lowest BCUT2D eigenvalue weighted by Crippen LogP contribution is -2.49. The first-order chi connectivity index (χ1) is 11.7. The smallest absolute Gasteiger partial charge is 0.234 e. The van der Waals surface area contributed by atoms with Crippen molar-refractivity contribution in [1.82, 2.24) is 24.8 Å². The molecule has 0 bridgehead atoms. The van der Waals surface area contributed by atoms with Crippen LogP contribution in [0.15, 0.2) is 37.1 Å². The molecule has 1 aliphatic heterocycles. The summed E-state index contributed by atoms with van der Waals surface area (Å²) < 4.78 is 2.02. The molecule has 0 radical (unpaired) electrons. The van der Waals surface area contributed by atoms with E-state index in [-0.39, 0.29) is 5.91 Å². The highest BCUT2D eigenvalue weighted by Gasteiger charge is 2.19. The molecular formula is C17H24N6O. The van der Waals surface area contributed by atoms with Gasteiger partial charge in [-0.25, -0.2) is 9.97 Å². The highest BCUT2D eigenvalue weighted by molar-refractivity contribution is 5.77. The Bertz CT molecular complexity index is 632. The van der Waals surface area contributed by atoms with Crippen LogP contribution in [0.1, 0.15) is 12.5 Å². The zero-order valence-corrected chi connectivity index (χ0v) is 14.1. The third-order valence-electron chi connectivity index (χ3n) is 4.17. The summed E-state index contributed by atoms with van der Waals surface area (Å²) in [6, 6.07) is 4.19. The van der Waals surface area contributed by atoms with Crippen molar-refractivity contribution in [3.63, 3.8) is 0 Å². The standard InChI is InChI=1S/C17H24N6O/c1-2-19-17(24)13-21-7-9-23(10-8-21)16-4-3-15(11-20-16)12-22-6-5-18-14-22/h3-6,11,14H,2,7-10,12-13H2,1H3,(H,19,24). The van der Waals surface area contributed by atoms with Crippen LogP contribution >= 0.6 is 0 Å². The summed E-state index contributed by atoms with van der Waals surface area (Å²) >= 11 is 0. The van der Waals surface area contributed by atoms with Gasteiger partial charge in [-0.3, -0.25) is 9.69 Å². The van der Waals surface area contributed by atoms with Crippen LogP contribution in [0.4, 0.5) is 5.82 Å². The molecule has 3 rings (SSSR count). The van der Waals surface area contributed by atoms with E-state index < -0.39 is 0 Å². The van der Waals surface area contributed by atoms with Crippen LogP contribution in [0.2, 0.25) is 0 Å². The molecule has 0 aliphatic carbocycles. The summed E-state index contributed by atoms with van der Waals surface area (Å²) in [5.41, 5.74) is 1.16. The van der Waals surface area contributed by atoms with Gasteiger partial charge < -0.3 is 14.8 Å². The van der Waals surface area contributed by atoms with Gasteiger partial charge in [-0.2, -0.15) is 0 Å². The van der Waals surface area contributed by atoms with E-state index in [2.05, 4.69) is 37.2 Å². The second kappa shape index (κ2) is 7.92. The first-order valence-electron chi connectivity index (χ1n) is 8.39. The second-order valence-corrected chi connectivity index (χ2v) is 5.98. The number of likely N-dealkylation sites (N-methyl/N-ethyl adjacent to an activating group) is 1. The molecule has 7 heteroatoms. The number of piperazine rings is 1. The van der Waals surface area contributed by atoms with Crippen molar-refractivity contribution in [3.05, 3.63) is 42.6 Å². The molecule has 0 saturated carbocycles. The second-order valence-electron chi connectivity index (χ2n) is 5.98. The minimum atomic E-state index is 0.105. The first kappa shape index (κ1) is 16.4. The zero-order valence-electron chi connectivity index (χ0n) is 14.1. The zero-order chi connectivity index (χ0) is 16.8. The fourth-order valence-electron chi connectivity index (χ4n) is 2.88. The van der Waals surface area contributed by atoms with Gasteiger partial charge in [0.25, 0.3) is 0 Å². The average Bonchev–Trinajstić information content (AvgIpc) is 3.10. The Morgan fingerprint density at radius 1 is 1.25 bits per heavy atom. The monoisotopic (exact) mass is 328 g/mol. The molecule has 1 N–H and O–H groups in total. The molecule has 7 nitrogen and oxygen atoms in total. The van der Waals surface area contributed by atoms with Gasteiger partial charge in [0.1, 0.15) is 5.82 Å². The fraction of sp³-hybridized carbons (Fsp3) is 0.471. The number of nitrogens with zero attached hydrogens (tertiary/aromatic N) is 5. The summed E-state index contributed by atoms with van der Waals surface area (Å²) in [7, 11) is 0. The van der Waals surface area contributed by atoms with E-state index in [9.17, 15) is 4.79 Å². The number of aromatic nitrogens is 3. The van der Waals surface area contributed by atoms with E-state index in [1.165, 1.54) is 0 Å². The van der Waals surface area contributed by atoms with Crippen LogP contribution < -0.4 is 10.2 Å². The molecule has 0 aromatic carbocycles. The molecule has 24 heavy (non-hydrogen) atoms. The molecule has 1 aliphatic rings. The van der Waals surface area contributed by atoms with Crippen LogP contribution in [0.3, 0.4) is 0 Å². The number of amides is 1. The fourth-order valence-corrected chi connectivity index (χ4v) is 2.88. The Kier molecular flexibility index (Phi) is 5.43. The Morgan fingerprint density at radius 3 is 2.71 bits per heavy atom. The van der Waals surface area contributed by atoms with Gasteiger partial charge in [0.05, 0.1) is 12.9 Å². The van der Waals surface area contributed by atoms with Crippen molar-refractivity contribution in [3.8, 4) is 0 Å². The molecule has 3 heterocycles. The molecule has 1 fully saturated rings. The van der Waals surface area contributed by atoms with Crippen LogP contribution in [-0.2, 0) is 11.3 Å². The number of carbonyl (C=O) groups excluding carboxylic acids is 1. The lowest BCUT2D eigenvalue weighted by Gasteiger charge is -2.35. The molecule has 0 spiro atoms. The van der Waals surface area contributed by atoms with Gasteiger partial charge in [0.15, 0.2) is 0 Å². The molecule has 1 saturated heterocycles. The topological polar surface area (TPSA) is 66.3 Å². The van der Waals surface area contributed by atoms with E-state index in [0.717, 1.165) is 44.1 Å². The minimum absolute atomic E-state index is 0.105. The number of imidazole rings is 1. The Hall–Kier alpha value is -2.41. The van der Waals surface area contributed by atoms with E-state index in [4.69, 9.17) is 0 Å². The summed E-state index contributed by atoms with van der Waals surface area (Å²) in [4.78, 5) is 24.8. The Morgan fingerprint density at radius 2 is 2.08 bits per heavy atom. The predicted molar refractivity (Wildman–Crippen MR) is 92.9 cm³/mol. The third-order valence-corrected chi connectivity index (χ3v) is 4.17. The highest BCUT2D eigenvalue weighted by Crippen LogP contribution is 2.14. The Balaban J connectivity index is 1.50. The maximum Gasteiger partial charge on any atom is 0.234 e. The number of pyridine rings is 1. The first-order valence-corrected chi connectivity index (χ1v) is 8.39. The summed E-state index contributed by atoms with van der Waals surface area (Å²) in [5.74, 6) is 1.11. The van der Waals surface area contributed by atoms with Crippen molar-refractivity contribution in [2.24, 2.45) is 0 Å². The summed E-state index contributed by atoms with van der Waals surface area (Å²) in [6.45, 7) is 7.46. The number of hydrogen-bond donors (Lipinski definition) is 1. The summed E-state index contributed by atoms with van der Waals surface area (Å²) in [5, 5.41) is 2.85. The lowest BCUT2D eigenvalue weighted by atomic mass is 10.2. The number of carbonyl (C=O) groups is 1. The molecular weight excluding hydrogens is 304 g/mol. The van der Waals surface area contributed by atoms with Gasteiger partial charge in [0.2, 0.25) is 5.91 Å². The van der Waals surface area contributed by atoms with Crippen LogP contribution in [0, 0.1) is 0 Å². The predicted octanol–water partition coefficient (Wildman–Crippen LogP) is 0.585. The maximum atomic E-state index is 11.6. The molecule has 1 amide bonds. The van der Waals surface area contributed by atoms with Gasteiger partial charge in [-0.15, -0.1) is 0 Å². The molecule has 2 aromatic rings. The molecule has 2 aromatic heterocycles. The van der Waals surface area contributed by atoms with E-state index >= 15 is 0 Å². The van der Waals surface area contributed by atoms with Gasteiger partial charge in [0, 0.05) is 57.9 Å². The SMILES string of the molecule is CCNC(=O)CN1CCN(c2ccc(Cn3ccnc3)cn2)CC1. The van der Waals surface area contributed by atoms with E-state index in [1.807, 2.05) is 30.2 Å². The van der Waals surface area contributed by atoms with Gasteiger partial charge in [-0.05, 0) is 18.6 Å². The van der Waals surface area contributed by atoms with E-state index in [0.29, 0.717) is 13.1 Å². The third kappa shape index (κ3) is 4.32. The van der Waals surface area contributed by atoms with Crippen molar-refractivity contribution in [2.45, 2.75) is 13.5 Å². The molecule has 0 unspecified atom stereocenters. The quantitative estimate of drug-likeness (QED) is 0.840. The van der Waals surface area contributed by atoms with Crippen molar-refractivity contribution in [2.75, 3.05) is 44.2 Å². The minimum Gasteiger partial charge on any atom is -0.355 e. The van der Waals surface area contributed by atoms with Crippen molar-refractivity contribution in [1.29, 1.82) is 0 Å². The van der Waals surface area contributed by atoms with Crippen LogP contribution in [-0.4, -0.2) is 64.6 Å². The number of rotatable bonds is 6. The van der Waals surface area contributed by atoms with Crippen LogP contribution in [0.5, 0.6) is 0 Å².